The number of alkyl halides is 3. The summed E-state index contributed by atoms with van der Waals surface area (Å²) >= 11 is 0. The van der Waals surface area contributed by atoms with E-state index >= 15 is 0 Å². The summed E-state index contributed by atoms with van der Waals surface area (Å²) in [5.41, 5.74) is -1.02. The SMILES string of the molecule is CCCCC[C@@H](c1c(F)cccc1C(F)(F)F)N1CCNCC1. The molecule has 0 unspecified atom stereocenters. The van der Waals surface area contributed by atoms with Gasteiger partial charge in [0, 0.05) is 37.8 Å². The fraction of sp³-hybridized carbons (Fsp3) is 0.647. The molecule has 1 aromatic rings. The van der Waals surface area contributed by atoms with E-state index in [0.717, 1.165) is 50.6 Å². The Morgan fingerprint density at radius 3 is 2.48 bits per heavy atom. The number of nitrogens with zero attached hydrogens (tertiary/aromatic N) is 1. The van der Waals surface area contributed by atoms with Crippen LogP contribution in [-0.2, 0) is 6.18 Å². The summed E-state index contributed by atoms with van der Waals surface area (Å²) < 4.78 is 54.4. The number of nitrogens with one attached hydrogen (secondary N) is 1. The van der Waals surface area contributed by atoms with Crippen molar-refractivity contribution in [2.24, 2.45) is 0 Å². The predicted molar refractivity (Wildman–Crippen MR) is 82.7 cm³/mol. The van der Waals surface area contributed by atoms with Gasteiger partial charge in [-0.3, -0.25) is 4.90 Å². The van der Waals surface area contributed by atoms with Gasteiger partial charge in [-0.1, -0.05) is 32.3 Å². The number of rotatable bonds is 6. The lowest BCUT2D eigenvalue weighted by molar-refractivity contribution is -0.139. The van der Waals surface area contributed by atoms with Gasteiger partial charge in [0.15, 0.2) is 0 Å². The van der Waals surface area contributed by atoms with Gasteiger partial charge in [0.2, 0.25) is 0 Å². The van der Waals surface area contributed by atoms with Gasteiger partial charge in [-0.25, -0.2) is 4.39 Å². The number of piperazine rings is 1. The molecule has 23 heavy (non-hydrogen) atoms. The minimum absolute atomic E-state index is 0.182. The van der Waals surface area contributed by atoms with Gasteiger partial charge in [0.25, 0.3) is 0 Å². The van der Waals surface area contributed by atoms with Crippen LogP contribution >= 0.6 is 0 Å². The van der Waals surface area contributed by atoms with E-state index in [1.165, 1.54) is 0 Å². The third-order valence-corrected chi connectivity index (χ3v) is 4.37. The predicted octanol–water partition coefficient (Wildman–Crippen LogP) is 4.37. The van der Waals surface area contributed by atoms with Gasteiger partial charge in [0.1, 0.15) is 5.82 Å². The molecule has 1 fully saturated rings. The van der Waals surface area contributed by atoms with E-state index in [-0.39, 0.29) is 5.56 Å². The minimum atomic E-state index is -4.53. The molecule has 2 nitrogen and oxygen atoms in total. The number of hydrogen-bond acceptors (Lipinski definition) is 2. The Balaban J connectivity index is 2.37. The van der Waals surface area contributed by atoms with Crippen LogP contribution in [0.25, 0.3) is 0 Å². The summed E-state index contributed by atoms with van der Waals surface area (Å²) in [6, 6.07) is 2.76. The van der Waals surface area contributed by atoms with Crippen LogP contribution in [0.4, 0.5) is 17.6 Å². The molecule has 1 saturated heterocycles. The molecule has 1 aliphatic rings. The van der Waals surface area contributed by atoms with Crippen molar-refractivity contribution in [2.75, 3.05) is 26.2 Å². The van der Waals surface area contributed by atoms with Crippen LogP contribution in [0.1, 0.15) is 49.8 Å². The molecule has 0 bridgehead atoms. The van der Waals surface area contributed by atoms with Gasteiger partial charge in [-0.05, 0) is 18.6 Å². The molecule has 1 atom stereocenters. The average Bonchev–Trinajstić information content (AvgIpc) is 2.52. The third-order valence-electron chi connectivity index (χ3n) is 4.37. The van der Waals surface area contributed by atoms with Crippen molar-refractivity contribution in [1.29, 1.82) is 0 Å². The van der Waals surface area contributed by atoms with Crippen molar-refractivity contribution in [3.05, 3.63) is 35.1 Å². The maximum atomic E-state index is 14.4. The smallest absolute Gasteiger partial charge is 0.314 e. The van der Waals surface area contributed by atoms with E-state index in [9.17, 15) is 17.6 Å². The Kier molecular flexibility index (Phi) is 6.41. The molecule has 2 rings (SSSR count). The molecule has 0 saturated carbocycles. The highest BCUT2D eigenvalue weighted by molar-refractivity contribution is 5.34. The van der Waals surface area contributed by atoms with Crippen LogP contribution in [0, 0.1) is 5.82 Å². The Morgan fingerprint density at radius 1 is 1.17 bits per heavy atom. The zero-order chi connectivity index (χ0) is 16.9. The van der Waals surface area contributed by atoms with Gasteiger partial charge < -0.3 is 5.32 Å². The second-order valence-electron chi connectivity index (χ2n) is 6.00. The normalized spacial score (nSPS) is 18.1. The molecule has 0 spiro atoms. The second-order valence-corrected chi connectivity index (χ2v) is 6.00. The average molecular weight is 332 g/mol. The molecule has 0 radical (unpaired) electrons. The zero-order valence-electron chi connectivity index (χ0n) is 13.4. The van der Waals surface area contributed by atoms with Gasteiger partial charge >= 0.3 is 6.18 Å². The highest BCUT2D eigenvalue weighted by Gasteiger charge is 2.38. The third kappa shape index (κ3) is 4.67. The first kappa shape index (κ1) is 18.2. The van der Waals surface area contributed by atoms with E-state index in [4.69, 9.17) is 0 Å². The fourth-order valence-corrected chi connectivity index (χ4v) is 3.21. The molecule has 6 heteroatoms. The molecule has 0 aromatic heterocycles. The van der Waals surface area contributed by atoms with E-state index in [1.54, 1.807) is 0 Å². The van der Waals surface area contributed by atoms with Crippen molar-refractivity contribution >= 4 is 0 Å². The second kappa shape index (κ2) is 8.11. The molecule has 1 heterocycles. The summed E-state index contributed by atoms with van der Waals surface area (Å²) in [5.74, 6) is -0.750. The van der Waals surface area contributed by atoms with Gasteiger partial charge in [-0.15, -0.1) is 0 Å². The van der Waals surface area contributed by atoms with Crippen LogP contribution < -0.4 is 5.32 Å². The van der Waals surface area contributed by atoms with Crippen LogP contribution in [0.3, 0.4) is 0 Å². The number of halogens is 4. The minimum Gasteiger partial charge on any atom is -0.314 e. The van der Waals surface area contributed by atoms with Crippen molar-refractivity contribution in [1.82, 2.24) is 10.2 Å². The Bertz CT molecular complexity index is 496. The molecule has 0 aliphatic carbocycles. The highest BCUT2D eigenvalue weighted by Crippen LogP contribution is 2.39. The summed E-state index contributed by atoms with van der Waals surface area (Å²) in [4.78, 5) is 1.99. The molecule has 1 aromatic carbocycles. The van der Waals surface area contributed by atoms with Crippen molar-refractivity contribution < 1.29 is 17.6 Å². The highest BCUT2D eigenvalue weighted by atomic mass is 19.4. The Labute approximate surface area is 134 Å². The van der Waals surface area contributed by atoms with Crippen molar-refractivity contribution in [2.45, 2.75) is 44.8 Å². The summed E-state index contributed by atoms with van der Waals surface area (Å²) in [6.45, 7) is 4.77. The molecular weight excluding hydrogens is 308 g/mol. The summed E-state index contributed by atoms with van der Waals surface area (Å²) in [5, 5.41) is 3.19. The van der Waals surface area contributed by atoms with Crippen molar-refractivity contribution in [3.8, 4) is 0 Å². The quantitative estimate of drug-likeness (QED) is 0.615. The summed E-state index contributed by atoms with van der Waals surface area (Å²) in [7, 11) is 0. The number of benzene rings is 1. The first-order valence-corrected chi connectivity index (χ1v) is 8.25. The topological polar surface area (TPSA) is 15.3 Å². The standard InChI is InChI=1S/C17H24F4N2/c1-2-3-4-8-15(23-11-9-22-10-12-23)16-13(17(19,20)21)6-5-7-14(16)18/h5-7,15,22H,2-4,8-12H2,1H3/t15-/m0/s1. The van der Waals surface area contributed by atoms with Crippen LogP contribution in [-0.4, -0.2) is 31.1 Å². The first-order chi connectivity index (χ1) is 10.9. The maximum absolute atomic E-state index is 14.4. The van der Waals surface area contributed by atoms with E-state index in [2.05, 4.69) is 5.32 Å². The first-order valence-electron chi connectivity index (χ1n) is 8.25. The van der Waals surface area contributed by atoms with E-state index < -0.39 is 23.6 Å². The molecule has 1 aliphatic heterocycles. The lowest BCUT2D eigenvalue weighted by Crippen LogP contribution is -2.45. The van der Waals surface area contributed by atoms with E-state index in [0.29, 0.717) is 19.5 Å². The Hall–Kier alpha value is -1.14. The number of hydrogen-bond donors (Lipinski definition) is 1. The monoisotopic (exact) mass is 332 g/mol. The molecule has 130 valence electrons. The van der Waals surface area contributed by atoms with Gasteiger partial charge in [0.05, 0.1) is 5.56 Å². The largest absolute Gasteiger partial charge is 0.416 e. The van der Waals surface area contributed by atoms with E-state index in [1.807, 2.05) is 11.8 Å². The zero-order valence-corrected chi connectivity index (χ0v) is 13.4. The van der Waals surface area contributed by atoms with Gasteiger partial charge in [-0.2, -0.15) is 13.2 Å². The Morgan fingerprint density at radius 2 is 1.87 bits per heavy atom. The fourth-order valence-electron chi connectivity index (χ4n) is 3.21. The van der Waals surface area contributed by atoms with Crippen LogP contribution in [0.2, 0.25) is 0 Å². The lowest BCUT2D eigenvalue weighted by Gasteiger charge is -2.36. The summed E-state index contributed by atoms with van der Waals surface area (Å²) in [6.07, 6.45) is -1.25. The maximum Gasteiger partial charge on any atom is 0.416 e. The molecular formula is C17H24F4N2. The molecule has 0 amide bonds. The lowest BCUT2D eigenvalue weighted by atomic mass is 9.93. The number of unbranched alkanes of at least 4 members (excludes halogenated alkanes) is 2. The van der Waals surface area contributed by atoms with Crippen LogP contribution in [0.15, 0.2) is 18.2 Å². The van der Waals surface area contributed by atoms with Crippen molar-refractivity contribution in [3.63, 3.8) is 0 Å². The molecule has 1 N–H and O–H groups in total. The van der Waals surface area contributed by atoms with Crippen LogP contribution in [0.5, 0.6) is 0 Å².